The lowest BCUT2D eigenvalue weighted by molar-refractivity contribution is -0.201. The average molecular weight is 307 g/mol. The number of ether oxygens (including phenoxy) is 2. The molecule has 1 amide bonds. The van der Waals surface area contributed by atoms with Gasteiger partial charge in [0.15, 0.2) is 11.0 Å². The van der Waals surface area contributed by atoms with Crippen molar-refractivity contribution in [3.63, 3.8) is 0 Å². The monoisotopic (exact) mass is 307 g/mol. The van der Waals surface area contributed by atoms with Crippen molar-refractivity contribution in [3.8, 4) is 0 Å². The summed E-state index contributed by atoms with van der Waals surface area (Å²) >= 11 is 0. The molecule has 2 aliphatic carbocycles. The van der Waals surface area contributed by atoms with Gasteiger partial charge >= 0.3 is 11.9 Å². The smallest absolute Gasteiger partial charge is 0.334 e. The fourth-order valence-corrected chi connectivity index (χ4v) is 4.19. The fraction of sp³-hybridized carbons (Fsp3) is 0.600. The van der Waals surface area contributed by atoms with Gasteiger partial charge in [0.05, 0.1) is 13.2 Å². The Bertz CT molecular complexity index is 611. The summed E-state index contributed by atoms with van der Waals surface area (Å²) in [5.41, 5.74) is -3.47. The van der Waals surface area contributed by atoms with E-state index in [1.807, 2.05) is 6.08 Å². The summed E-state index contributed by atoms with van der Waals surface area (Å²) in [5.74, 6) is -4.27. The van der Waals surface area contributed by atoms with E-state index in [2.05, 4.69) is 5.32 Å². The minimum atomic E-state index is -1.81. The molecule has 0 spiro atoms. The van der Waals surface area contributed by atoms with Crippen molar-refractivity contribution in [1.82, 2.24) is 5.32 Å². The highest BCUT2D eigenvalue weighted by Crippen LogP contribution is 2.66. The van der Waals surface area contributed by atoms with Crippen molar-refractivity contribution >= 4 is 23.6 Å². The van der Waals surface area contributed by atoms with E-state index in [1.165, 1.54) is 0 Å². The van der Waals surface area contributed by atoms with Gasteiger partial charge in [0, 0.05) is 5.92 Å². The number of carbonyl (C=O) groups excluding carboxylic acids is 4. The summed E-state index contributed by atoms with van der Waals surface area (Å²) in [5, 5.41) is 2.44. The number of hydrogen-bond acceptors (Lipinski definition) is 6. The largest absolute Gasteiger partial charge is 0.465 e. The first-order valence-electron chi connectivity index (χ1n) is 7.36. The van der Waals surface area contributed by atoms with Crippen molar-refractivity contribution < 1.29 is 28.7 Å². The van der Waals surface area contributed by atoms with Crippen LogP contribution >= 0.6 is 0 Å². The summed E-state index contributed by atoms with van der Waals surface area (Å²) in [7, 11) is 0. The lowest BCUT2D eigenvalue weighted by Gasteiger charge is -2.57. The van der Waals surface area contributed by atoms with Crippen LogP contribution in [0.2, 0.25) is 0 Å². The number of amides is 1. The maximum absolute atomic E-state index is 12.6. The van der Waals surface area contributed by atoms with Crippen LogP contribution in [0.1, 0.15) is 20.3 Å². The molecule has 2 fully saturated rings. The second-order valence-electron chi connectivity index (χ2n) is 5.64. The molecular weight excluding hydrogens is 290 g/mol. The van der Waals surface area contributed by atoms with E-state index >= 15 is 0 Å². The van der Waals surface area contributed by atoms with E-state index in [4.69, 9.17) is 9.47 Å². The Morgan fingerprint density at radius 3 is 2.50 bits per heavy atom. The SMILES string of the molecule is CCOC(=O)[C@@]12C(=O)C(=O)N[C@]1(C(=O)OCC)[C@H]1C=CC[C@@H]12. The van der Waals surface area contributed by atoms with Gasteiger partial charge < -0.3 is 14.8 Å². The van der Waals surface area contributed by atoms with Gasteiger partial charge in [0.2, 0.25) is 5.78 Å². The zero-order chi connectivity index (χ0) is 16.1. The predicted molar refractivity (Wildman–Crippen MR) is 72.3 cm³/mol. The Labute approximate surface area is 127 Å². The van der Waals surface area contributed by atoms with Gasteiger partial charge in [-0.2, -0.15) is 0 Å². The summed E-state index contributed by atoms with van der Waals surface area (Å²) in [6.07, 6.45) is 4.03. The van der Waals surface area contributed by atoms with Gasteiger partial charge in [-0.05, 0) is 26.2 Å². The van der Waals surface area contributed by atoms with Gasteiger partial charge in [0.1, 0.15) is 0 Å². The van der Waals surface area contributed by atoms with Crippen LogP contribution in [0.25, 0.3) is 0 Å². The molecular formula is C15H17NO6. The van der Waals surface area contributed by atoms with Crippen molar-refractivity contribution in [3.05, 3.63) is 12.2 Å². The number of allylic oxidation sites excluding steroid dienone is 1. The first kappa shape index (κ1) is 14.7. The highest BCUT2D eigenvalue weighted by atomic mass is 16.5. The van der Waals surface area contributed by atoms with Crippen LogP contribution in [-0.2, 0) is 28.7 Å². The molecule has 3 rings (SSSR count). The van der Waals surface area contributed by atoms with Gasteiger partial charge in [-0.15, -0.1) is 0 Å². The number of ketones is 1. The molecule has 1 heterocycles. The van der Waals surface area contributed by atoms with Gasteiger partial charge in [-0.3, -0.25) is 14.4 Å². The molecule has 0 unspecified atom stereocenters. The zero-order valence-corrected chi connectivity index (χ0v) is 12.4. The third kappa shape index (κ3) is 1.32. The highest BCUT2D eigenvalue weighted by Gasteiger charge is 2.88. The molecule has 118 valence electrons. The molecule has 1 N–H and O–H groups in total. The first-order valence-corrected chi connectivity index (χ1v) is 7.36. The van der Waals surface area contributed by atoms with E-state index < -0.39 is 46.4 Å². The van der Waals surface area contributed by atoms with Crippen molar-refractivity contribution in [2.75, 3.05) is 13.2 Å². The molecule has 7 nitrogen and oxygen atoms in total. The highest BCUT2D eigenvalue weighted by molar-refractivity contribution is 6.47. The number of esters is 2. The number of Topliss-reactive ketones (excluding diaryl/α,β-unsaturated/α-hetero) is 1. The topological polar surface area (TPSA) is 98.8 Å². The third-order valence-electron chi connectivity index (χ3n) is 4.92. The molecule has 0 radical (unpaired) electrons. The maximum atomic E-state index is 12.6. The molecule has 0 aromatic rings. The number of carbonyl (C=O) groups is 4. The Morgan fingerprint density at radius 1 is 1.23 bits per heavy atom. The Hall–Kier alpha value is -2.18. The van der Waals surface area contributed by atoms with E-state index in [-0.39, 0.29) is 13.2 Å². The minimum Gasteiger partial charge on any atom is -0.465 e. The maximum Gasteiger partial charge on any atom is 0.334 e. The number of nitrogens with one attached hydrogen (secondary N) is 1. The summed E-state index contributed by atoms with van der Waals surface area (Å²) < 4.78 is 10.1. The molecule has 1 aliphatic heterocycles. The van der Waals surface area contributed by atoms with Crippen LogP contribution in [0, 0.1) is 17.3 Å². The summed E-state index contributed by atoms with van der Waals surface area (Å²) in [6, 6.07) is 0. The minimum absolute atomic E-state index is 0.0613. The normalized spacial score (nSPS) is 37.9. The first-order chi connectivity index (χ1) is 10.5. The Kier molecular flexibility index (Phi) is 3.12. The standard InChI is InChI=1S/C15H17NO6/c1-3-21-12(19)14-8-6-5-7-9(8)15(14,13(20)22-4-2)16-11(18)10(14)17/h5,7-9H,3-4,6H2,1-2H3,(H,16,18)/t8-,9-,14+,15-/m0/s1. The number of rotatable bonds is 4. The van der Waals surface area contributed by atoms with Crippen molar-refractivity contribution in [2.45, 2.75) is 25.8 Å². The van der Waals surface area contributed by atoms with Crippen LogP contribution in [0.5, 0.6) is 0 Å². The Balaban J connectivity index is 2.16. The molecule has 1 saturated carbocycles. The van der Waals surface area contributed by atoms with Crippen LogP contribution < -0.4 is 5.32 Å². The van der Waals surface area contributed by atoms with E-state index in [9.17, 15) is 19.2 Å². The summed E-state index contributed by atoms with van der Waals surface area (Å²) in [6.45, 7) is 3.38. The molecule has 22 heavy (non-hydrogen) atoms. The zero-order valence-electron chi connectivity index (χ0n) is 12.4. The molecule has 4 atom stereocenters. The second kappa shape index (κ2) is 4.66. The van der Waals surface area contributed by atoms with Gasteiger partial charge in [0.25, 0.3) is 5.91 Å². The van der Waals surface area contributed by atoms with E-state index in [0.717, 1.165) is 0 Å². The van der Waals surface area contributed by atoms with Crippen LogP contribution in [0.4, 0.5) is 0 Å². The van der Waals surface area contributed by atoms with Crippen molar-refractivity contribution in [1.29, 1.82) is 0 Å². The lowest BCUT2D eigenvalue weighted by atomic mass is 9.43. The molecule has 0 aromatic carbocycles. The molecule has 3 aliphatic rings. The molecule has 0 aromatic heterocycles. The molecule has 0 bridgehead atoms. The Morgan fingerprint density at radius 2 is 1.86 bits per heavy atom. The van der Waals surface area contributed by atoms with E-state index in [1.54, 1.807) is 19.9 Å². The second-order valence-corrected chi connectivity index (χ2v) is 5.64. The molecule has 1 saturated heterocycles. The summed E-state index contributed by atoms with van der Waals surface area (Å²) in [4.78, 5) is 49.6. The van der Waals surface area contributed by atoms with Gasteiger partial charge in [-0.1, -0.05) is 12.2 Å². The quantitative estimate of drug-likeness (QED) is 0.332. The van der Waals surface area contributed by atoms with E-state index in [0.29, 0.717) is 6.42 Å². The predicted octanol–water partition coefficient (Wildman–Crippen LogP) is -0.257. The number of hydrogen-bond donors (Lipinski definition) is 1. The average Bonchev–Trinajstić information content (AvgIpc) is 2.98. The van der Waals surface area contributed by atoms with Gasteiger partial charge in [-0.25, -0.2) is 4.79 Å². The van der Waals surface area contributed by atoms with Crippen LogP contribution in [-0.4, -0.2) is 42.4 Å². The van der Waals surface area contributed by atoms with Crippen LogP contribution in [0.3, 0.4) is 0 Å². The fourth-order valence-electron chi connectivity index (χ4n) is 4.19. The van der Waals surface area contributed by atoms with Crippen LogP contribution in [0.15, 0.2) is 12.2 Å². The van der Waals surface area contributed by atoms with Crippen molar-refractivity contribution in [2.24, 2.45) is 17.3 Å². The molecule has 7 heteroatoms. The number of fused-ring (bicyclic) bond motifs is 4. The lowest BCUT2D eigenvalue weighted by Crippen LogP contribution is -2.79. The third-order valence-corrected chi connectivity index (χ3v) is 4.92.